The van der Waals surface area contributed by atoms with E-state index in [1.165, 1.54) is 13.8 Å². The number of rotatable bonds is 5. The molecule has 100 valence electrons. The summed E-state index contributed by atoms with van der Waals surface area (Å²) in [7, 11) is 0. The second-order valence-electron chi connectivity index (χ2n) is 4.07. The van der Waals surface area contributed by atoms with Crippen LogP contribution < -0.4 is 0 Å². The van der Waals surface area contributed by atoms with Crippen LogP contribution in [0.5, 0.6) is 0 Å². The lowest BCUT2D eigenvalue weighted by atomic mass is 10.0. The maximum absolute atomic E-state index is 11.1. The van der Waals surface area contributed by atoms with Crippen LogP contribution in [0.4, 0.5) is 0 Å². The zero-order valence-corrected chi connectivity index (χ0v) is 11.0. The van der Waals surface area contributed by atoms with Gasteiger partial charge in [-0.2, -0.15) is 0 Å². The van der Waals surface area contributed by atoms with E-state index in [1.54, 1.807) is 0 Å². The first-order valence-corrected chi connectivity index (χ1v) is 5.88. The lowest BCUT2D eigenvalue weighted by molar-refractivity contribution is -0.207. The van der Waals surface area contributed by atoms with Gasteiger partial charge in [0.05, 0.1) is 0 Å². The standard InChI is InChI=1S/C15H16O4/c1-4-15(18-12(2)16,19-13(3)17)11-10-14-8-6-5-7-9-14/h1,5-9H,10-11H2,2-3H3. The fourth-order valence-electron chi connectivity index (χ4n) is 1.67. The highest BCUT2D eigenvalue weighted by Gasteiger charge is 2.34. The zero-order chi connectivity index (χ0) is 14.3. The zero-order valence-electron chi connectivity index (χ0n) is 11.0. The van der Waals surface area contributed by atoms with E-state index in [0.29, 0.717) is 6.42 Å². The van der Waals surface area contributed by atoms with Gasteiger partial charge < -0.3 is 9.47 Å². The third-order valence-corrected chi connectivity index (χ3v) is 2.42. The van der Waals surface area contributed by atoms with Gasteiger partial charge in [0.2, 0.25) is 0 Å². The summed E-state index contributed by atoms with van der Waals surface area (Å²) >= 11 is 0. The number of benzene rings is 1. The third kappa shape index (κ3) is 4.84. The van der Waals surface area contributed by atoms with Gasteiger partial charge in [-0.1, -0.05) is 30.3 Å². The van der Waals surface area contributed by atoms with E-state index in [4.69, 9.17) is 15.9 Å². The molecule has 0 aromatic heterocycles. The summed E-state index contributed by atoms with van der Waals surface area (Å²) in [6.07, 6.45) is 6.11. The average molecular weight is 260 g/mol. The predicted octanol–water partition coefficient (Wildman–Crippen LogP) is 2.07. The molecule has 19 heavy (non-hydrogen) atoms. The lowest BCUT2D eigenvalue weighted by Crippen LogP contribution is -2.38. The van der Waals surface area contributed by atoms with Crippen LogP contribution in [0.3, 0.4) is 0 Å². The molecule has 0 atom stereocenters. The molecule has 0 aliphatic rings. The molecular weight excluding hydrogens is 244 g/mol. The highest BCUT2D eigenvalue weighted by molar-refractivity contribution is 5.69. The third-order valence-electron chi connectivity index (χ3n) is 2.42. The predicted molar refractivity (Wildman–Crippen MR) is 69.9 cm³/mol. The van der Waals surface area contributed by atoms with Crippen LogP contribution in [0.15, 0.2) is 30.3 Å². The quantitative estimate of drug-likeness (QED) is 0.462. The SMILES string of the molecule is C#CC(CCc1ccccc1)(OC(C)=O)OC(C)=O. The Kier molecular flexibility index (Phi) is 5.13. The molecule has 0 aliphatic carbocycles. The van der Waals surface area contributed by atoms with Crippen LogP contribution in [0.25, 0.3) is 0 Å². The summed E-state index contributed by atoms with van der Waals surface area (Å²) in [5, 5.41) is 0. The van der Waals surface area contributed by atoms with Crippen molar-refractivity contribution < 1.29 is 19.1 Å². The van der Waals surface area contributed by atoms with Gasteiger partial charge in [0, 0.05) is 20.3 Å². The first-order valence-electron chi connectivity index (χ1n) is 5.88. The number of hydrogen-bond acceptors (Lipinski definition) is 4. The Labute approximate surface area is 112 Å². The first kappa shape index (κ1) is 14.8. The normalized spacial score (nSPS) is 10.4. The van der Waals surface area contributed by atoms with E-state index in [-0.39, 0.29) is 6.42 Å². The van der Waals surface area contributed by atoms with E-state index in [9.17, 15) is 9.59 Å². The summed E-state index contributed by atoms with van der Waals surface area (Å²) < 4.78 is 10.0. The van der Waals surface area contributed by atoms with Crippen molar-refractivity contribution in [2.75, 3.05) is 0 Å². The second kappa shape index (κ2) is 6.60. The van der Waals surface area contributed by atoms with Gasteiger partial charge in [-0.25, -0.2) is 0 Å². The molecule has 0 saturated carbocycles. The Hall–Kier alpha value is -2.28. The first-order chi connectivity index (χ1) is 8.97. The van der Waals surface area contributed by atoms with E-state index >= 15 is 0 Å². The molecule has 4 nitrogen and oxygen atoms in total. The molecular formula is C15H16O4. The average Bonchev–Trinajstić information content (AvgIpc) is 2.36. The Morgan fingerprint density at radius 1 is 1.16 bits per heavy atom. The highest BCUT2D eigenvalue weighted by atomic mass is 16.7. The molecule has 1 aromatic carbocycles. The summed E-state index contributed by atoms with van der Waals surface area (Å²) in [4.78, 5) is 22.2. The lowest BCUT2D eigenvalue weighted by Gasteiger charge is -2.26. The summed E-state index contributed by atoms with van der Waals surface area (Å²) in [5.41, 5.74) is 1.02. The Bertz CT molecular complexity index is 469. The number of esters is 2. The number of ether oxygens (including phenoxy) is 2. The summed E-state index contributed by atoms with van der Waals surface area (Å²) in [5.74, 6) is -0.550. The van der Waals surface area contributed by atoms with Gasteiger partial charge in [-0.05, 0) is 17.9 Å². The van der Waals surface area contributed by atoms with Crippen LogP contribution in [0.2, 0.25) is 0 Å². The Balaban J connectivity index is 2.81. The van der Waals surface area contributed by atoms with Crippen LogP contribution in [-0.2, 0) is 25.5 Å². The molecule has 4 heteroatoms. The van der Waals surface area contributed by atoms with Gasteiger partial charge in [-0.3, -0.25) is 9.59 Å². The number of hydrogen-bond donors (Lipinski definition) is 0. The topological polar surface area (TPSA) is 52.6 Å². The van der Waals surface area contributed by atoms with Gasteiger partial charge in [0.15, 0.2) is 0 Å². The number of aryl methyl sites for hydroxylation is 1. The van der Waals surface area contributed by atoms with E-state index in [2.05, 4.69) is 5.92 Å². The molecule has 0 fully saturated rings. The molecule has 0 saturated heterocycles. The van der Waals surface area contributed by atoms with Crippen molar-refractivity contribution in [2.45, 2.75) is 32.5 Å². The maximum atomic E-state index is 11.1. The van der Waals surface area contributed by atoms with E-state index in [0.717, 1.165) is 5.56 Å². The van der Waals surface area contributed by atoms with Gasteiger partial charge in [0.1, 0.15) is 0 Å². The highest BCUT2D eigenvalue weighted by Crippen LogP contribution is 2.21. The van der Waals surface area contributed by atoms with Crippen molar-refractivity contribution in [2.24, 2.45) is 0 Å². The molecule has 0 radical (unpaired) electrons. The monoisotopic (exact) mass is 260 g/mol. The minimum atomic E-state index is -1.63. The molecule has 1 aromatic rings. The van der Waals surface area contributed by atoms with Crippen molar-refractivity contribution in [3.05, 3.63) is 35.9 Å². The number of carbonyl (C=O) groups excluding carboxylic acids is 2. The molecule has 0 unspecified atom stereocenters. The smallest absolute Gasteiger partial charge is 0.321 e. The fraction of sp³-hybridized carbons (Fsp3) is 0.333. The maximum Gasteiger partial charge on any atom is 0.321 e. The van der Waals surface area contributed by atoms with Crippen molar-refractivity contribution in [1.82, 2.24) is 0 Å². The van der Waals surface area contributed by atoms with Gasteiger partial charge in [-0.15, -0.1) is 6.42 Å². The molecule has 0 heterocycles. The molecule has 0 amide bonds. The molecule has 1 rings (SSSR count). The summed E-state index contributed by atoms with van der Waals surface area (Å²) in [6, 6.07) is 9.52. The van der Waals surface area contributed by atoms with Gasteiger partial charge in [0.25, 0.3) is 0 Å². The molecule has 0 spiro atoms. The van der Waals surface area contributed by atoms with E-state index in [1.807, 2.05) is 30.3 Å². The van der Waals surface area contributed by atoms with Crippen LogP contribution in [0.1, 0.15) is 25.8 Å². The number of carbonyl (C=O) groups is 2. The number of terminal acetylenes is 1. The van der Waals surface area contributed by atoms with Crippen molar-refractivity contribution >= 4 is 11.9 Å². The Morgan fingerprint density at radius 3 is 2.11 bits per heavy atom. The van der Waals surface area contributed by atoms with Crippen LogP contribution in [-0.4, -0.2) is 17.7 Å². The van der Waals surface area contributed by atoms with Crippen molar-refractivity contribution in [3.8, 4) is 12.3 Å². The van der Waals surface area contributed by atoms with Crippen LogP contribution in [0, 0.1) is 12.3 Å². The van der Waals surface area contributed by atoms with Crippen molar-refractivity contribution in [3.63, 3.8) is 0 Å². The molecule has 0 bridgehead atoms. The van der Waals surface area contributed by atoms with Crippen molar-refractivity contribution in [1.29, 1.82) is 0 Å². The van der Waals surface area contributed by atoms with Crippen LogP contribution >= 0.6 is 0 Å². The molecule has 0 N–H and O–H groups in total. The van der Waals surface area contributed by atoms with E-state index < -0.39 is 17.7 Å². The minimum absolute atomic E-state index is 0.215. The summed E-state index contributed by atoms with van der Waals surface area (Å²) in [6.45, 7) is 2.44. The fourth-order valence-corrected chi connectivity index (χ4v) is 1.67. The Morgan fingerprint density at radius 2 is 1.68 bits per heavy atom. The van der Waals surface area contributed by atoms with Gasteiger partial charge >= 0.3 is 17.7 Å². The second-order valence-corrected chi connectivity index (χ2v) is 4.07. The minimum Gasteiger partial charge on any atom is -0.411 e. The molecule has 0 aliphatic heterocycles. The largest absolute Gasteiger partial charge is 0.411 e.